The third-order valence-electron chi connectivity index (χ3n) is 4.79. The van der Waals surface area contributed by atoms with Crippen LogP contribution in [0.5, 0.6) is 0 Å². The normalized spacial score (nSPS) is 16.0. The number of benzene rings is 1. The third-order valence-corrected chi connectivity index (χ3v) is 5.32. The number of hydrogen-bond acceptors (Lipinski definition) is 3. The quantitative estimate of drug-likeness (QED) is 0.210. The molecule has 1 fully saturated rings. The number of unbranched alkanes of at least 4 members (excludes halogenated alkanes) is 2. The minimum Gasteiger partial charge on any atom is -0.385 e. The Bertz CT molecular complexity index is 533. The van der Waals surface area contributed by atoms with Crippen molar-refractivity contribution in [2.75, 3.05) is 40.4 Å². The summed E-state index contributed by atoms with van der Waals surface area (Å²) < 4.78 is 6.22. The van der Waals surface area contributed by atoms with Gasteiger partial charge in [0, 0.05) is 57.5 Å². The van der Waals surface area contributed by atoms with Crippen LogP contribution in [0.25, 0.3) is 0 Å². The summed E-state index contributed by atoms with van der Waals surface area (Å²) in [5.41, 5.74) is 1.38. The summed E-state index contributed by atoms with van der Waals surface area (Å²) in [6, 6.07) is 9.15. The average molecular weight is 553 g/mol. The summed E-state index contributed by atoms with van der Waals surface area (Å²) in [7, 11) is 3.61. The molecule has 1 aromatic rings. The SMILES string of the molecule is CN=C(NCCCCCOC)NC1CCN(Cc2ccc(Br)cc2)CC1.I. The van der Waals surface area contributed by atoms with Crippen LogP contribution in [0.15, 0.2) is 33.7 Å². The first-order chi connectivity index (χ1) is 12.7. The Balaban J connectivity index is 0.00000364. The van der Waals surface area contributed by atoms with E-state index in [4.69, 9.17) is 4.74 Å². The van der Waals surface area contributed by atoms with Gasteiger partial charge in [0.05, 0.1) is 0 Å². The van der Waals surface area contributed by atoms with E-state index in [1.165, 1.54) is 12.0 Å². The molecule has 27 heavy (non-hydrogen) atoms. The van der Waals surface area contributed by atoms with Crippen molar-refractivity contribution in [3.05, 3.63) is 34.3 Å². The number of guanidine groups is 1. The molecule has 1 heterocycles. The number of rotatable bonds is 9. The van der Waals surface area contributed by atoms with E-state index in [1.54, 1.807) is 7.11 Å². The first-order valence-corrected chi connectivity index (χ1v) is 10.4. The molecular weight excluding hydrogens is 519 g/mol. The van der Waals surface area contributed by atoms with Gasteiger partial charge in [0.15, 0.2) is 5.96 Å². The number of likely N-dealkylation sites (tertiary alicyclic amines) is 1. The zero-order valence-electron chi connectivity index (χ0n) is 16.5. The second-order valence-corrected chi connectivity index (χ2v) is 7.79. The van der Waals surface area contributed by atoms with Crippen LogP contribution in [-0.2, 0) is 11.3 Å². The van der Waals surface area contributed by atoms with E-state index >= 15 is 0 Å². The van der Waals surface area contributed by atoms with Gasteiger partial charge in [-0.1, -0.05) is 28.1 Å². The van der Waals surface area contributed by atoms with E-state index < -0.39 is 0 Å². The van der Waals surface area contributed by atoms with Crippen molar-refractivity contribution in [1.82, 2.24) is 15.5 Å². The van der Waals surface area contributed by atoms with Gasteiger partial charge in [-0.15, -0.1) is 24.0 Å². The molecule has 0 radical (unpaired) electrons. The standard InChI is InChI=1S/C20H33BrN4O.HI/c1-22-20(23-12-4-3-5-15-26-2)24-19-10-13-25(14-11-19)16-17-6-8-18(21)9-7-17;/h6-9,19H,3-5,10-16H2,1-2H3,(H2,22,23,24);1H. The van der Waals surface area contributed by atoms with E-state index in [0.29, 0.717) is 6.04 Å². The van der Waals surface area contributed by atoms with Gasteiger partial charge in [-0.3, -0.25) is 9.89 Å². The fourth-order valence-corrected chi connectivity index (χ4v) is 3.49. The number of aliphatic imine (C=N–C) groups is 1. The molecule has 2 N–H and O–H groups in total. The molecule has 0 atom stereocenters. The molecule has 1 aliphatic rings. The van der Waals surface area contributed by atoms with Crippen molar-refractivity contribution in [2.45, 2.75) is 44.7 Å². The van der Waals surface area contributed by atoms with Gasteiger partial charge in [-0.2, -0.15) is 0 Å². The molecule has 0 unspecified atom stereocenters. The first kappa shape index (κ1) is 24.7. The van der Waals surface area contributed by atoms with Crippen LogP contribution < -0.4 is 10.6 Å². The monoisotopic (exact) mass is 552 g/mol. The molecule has 0 aliphatic carbocycles. The number of piperidine rings is 1. The molecule has 1 aromatic carbocycles. The maximum Gasteiger partial charge on any atom is 0.191 e. The van der Waals surface area contributed by atoms with E-state index in [0.717, 1.165) is 68.9 Å². The molecule has 5 nitrogen and oxygen atoms in total. The van der Waals surface area contributed by atoms with Crippen LogP contribution in [0.1, 0.15) is 37.7 Å². The highest BCUT2D eigenvalue weighted by Gasteiger charge is 2.19. The maximum atomic E-state index is 5.08. The summed E-state index contributed by atoms with van der Waals surface area (Å²) in [5.74, 6) is 0.933. The Morgan fingerprint density at radius 1 is 1.19 bits per heavy atom. The first-order valence-electron chi connectivity index (χ1n) is 9.64. The molecule has 7 heteroatoms. The lowest BCUT2D eigenvalue weighted by Crippen LogP contribution is -2.48. The maximum absolute atomic E-state index is 5.08. The largest absolute Gasteiger partial charge is 0.385 e. The number of hydrogen-bond donors (Lipinski definition) is 2. The van der Waals surface area contributed by atoms with Gasteiger partial charge in [0.1, 0.15) is 0 Å². The number of ether oxygens (including phenoxy) is 1. The van der Waals surface area contributed by atoms with Crippen molar-refractivity contribution >= 4 is 45.9 Å². The van der Waals surface area contributed by atoms with Crippen molar-refractivity contribution in [2.24, 2.45) is 4.99 Å². The van der Waals surface area contributed by atoms with Gasteiger partial charge in [-0.25, -0.2) is 0 Å². The van der Waals surface area contributed by atoms with Crippen LogP contribution in [0, 0.1) is 0 Å². The van der Waals surface area contributed by atoms with E-state index in [-0.39, 0.29) is 24.0 Å². The molecule has 154 valence electrons. The highest BCUT2D eigenvalue weighted by molar-refractivity contribution is 14.0. The zero-order chi connectivity index (χ0) is 18.6. The minimum atomic E-state index is 0. The fourth-order valence-electron chi connectivity index (χ4n) is 3.23. The van der Waals surface area contributed by atoms with Gasteiger partial charge in [-0.05, 0) is 49.8 Å². The Kier molecular flexibility index (Phi) is 13.3. The second-order valence-electron chi connectivity index (χ2n) is 6.87. The molecule has 0 bridgehead atoms. The summed E-state index contributed by atoms with van der Waals surface area (Å²) >= 11 is 3.50. The van der Waals surface area contributed by atoms with Crippen molar-refractivity contribution in [3.63, 3.8) is 0 Å². The van der Waals surface area contributed by atoms with Crippen LogP contribution in [0.4, 0.5) is 0 Å². The highest BCUT2D eigenvalue weighted by Crippen LogP contribution is 2.16. The predicted octanol–water partition coefficient (Wildman–Crippen LogP) is 4.01. The lowest BCUT2D eigenvalue weighted by molar-refractivity contribution is 0.192. The van der Waals surface area contributed by atoms with Crippen molar-refractivity contribution in [1.29, 1.82) is 0 Å². The third kappa shape index (κ3) is 10.1. The summed E-state index contributed by atoms with van der Waals surface area (Å²) in [4.78, 5) is 6.90. The zero-order valence-corrected chi connectivity index (χ0v) is 20.5. The average Bonchev–Trinajstić information content (AvgIpc) is 2.67. The molecule has 2 rings (SSSR count). The molecule has 0 saturated carbocycles. The fraction of sp³-hybridized carbons (Fsp3) is 0.650. The van der Waals surface area contributed by atoms with Crippen molar-refractivity contribution in [3.8, 4) is 0 Å². The van der Waals surface area contributed by atoms with Gasteiger partial charge < -0.3 is 15.4 Å². The smallest absolute Gasteiger partial charge is 0.191 e. The minimum absolute atomic E-state index is 0. The number of nitrogens with zero attached hydrogens (tertiary/aromatic N) is 2. The molecule has 0 aromatic heterocycles. The number of methoxy groups -OCH3 is 1. The Morgan fingerprint density at radius 3 is 2.52 bits per heavy atom. The highest BCUT2D eigenvalue weighted by atomic mass is 127. The Hall–Kier alpha value is -0.380. The molecule has 1 aliphatic heterocycles. The van der Waals surface area contributed by atoms with Crippen LogP contribution in [0.2, 0.25) is 0 Å². The Morgan fingerprint density at radius 2 is 1.89 bits per heavy atom. The van der Waals surface area contributed by atoms with Gasteiger partial charge in [0.25, 0.3) is 0 Å². The topological polar surface area (TPSA) is 48.9 Å². The second kappa shape index (κ2) is 14.6. The van der Waals surface area contributed by atoms with Crippen molar-refractivity contribution < 1.29 is 4.74 Å². The predicted molar refractivity (Wildman–Crippen MR) is 128 cm³/mol. The lowest BCUT2D eigenvalue weighted by Gasteiger charge is -2.33. The summed E-state index contributed by atoms with van der Waals surface area (Å²) in [5, 5.41) is 7.01. The molecule has 0 amide bonds. The summed E-state index contributed by atoms with van der Waals surface area (Å²) in [6.45, 7) is 5.11. The molecule has 0 spiro atoms. The van der Waals surface area contributed by atoms with E-state index in [9.17, 15) is 0 Å². The summed E-state index contributed by atoms with van der Waals surface area (Å²) in [6.07, 6.45) is 5.78. The van der Waals surface area contributed by atoms with Gasteiger partial charge in [0.2, 0.25) is 0 Å². The van der Waals surface area contributed by atoms with E-state index in [1.807, 2.05) is 7.05 Å². The van der Waals surface area contributed by atoms with E-state index in [2.05, 4.69) is 60.7 Å². The Labute approximate surface area is 189 Å². The van der Waals surface area contributed by atoms with Gasteiger partial charge >= 0.3 is 0 Å². The molecule has 1 saturated heterocycles. The number of halogens is 2. The number of nitrogens with one attached hydrogen (secondary N) is 2. The van der Waals surface area contributed by atoms with Crippen LogP contribution >= 0.6 is 39.9 Å². The lowest BCUT2D eigenvalue weighted by atomic mass is 10.0. The molecular formula is C20H34BrIN4O. The van der Waals surface area contributed by atoms with Crippen LogP contribution in [-0.4, -0.2) is 57.3 Å². The van der Waals surface area contributed by atoms with Crippen LogP contribution in [0.3, 0.4) is 0 Å².